The molecule has 3 aliphatic heterocycles. The van der Waals surface area contributed by atoms with Crippen molar-refractivity contribution in [1.82, 2.24) is 19.7 Å². The highest BCUT2D eigenvalue weighted by molar-refractivity contribution is 5.93. The third-order valence-electron chi connectivity index (χ3n) is 6.21. The molecule has 0 saturated carbocycles. The summed E-state index contributed by atoms with van der Waals surface area (Å²) in [6, 6.07) is 2.93. The molecule has 1 N–H and O–H groups in total. The zero-order valence-corrected chi connectivity index (χ0v) is 16.6. The fourth-order valence-electron chi connectivity index (χ4n) is 4.83. The molecule has 30 heavy (non-hydrogen) atoms. The van der Waals surface area contributed by atoms with Crippen LogP contribution >= 0.6 is 0 Å². The summed E-state index contributed by atoms with van der Waals surface area (Å²) in [6.45, 7) is 2.27. The third kappa shape index (κ3) is 4.38. The van der Waals surface area contributed by atoms with Crippen LogP contribution in [0.2, 0.25) is 0 Å². The van der Waals surface area contributed by atoms with Crippen LogP contribution in [0, 0.1) is 5.92 Å². The maximum atomic E-state index is 12.8. The zero-order valence-electron chi connectivity index (χ0n) is 16.6. The number of piperidine rings is 1. The Morgan fingerprint density at radius 1 is 1.10 bits per heavy atom. The van der Waals surface area contributed by atoms with Crippen LogP contribution < -0.4 is 10.9 Å². The Kier molecular flexibility index (Phi) is 5.61. The molecule has 0 aliphatic carbocycles. The number of hydrogen-bond acceptors (Lipinski definition) is 4. The first-order chi connectivity index (χ1) is 14.2. The van der Waals surface area contributed by atoms with Crippen LogP contribution in [0.25, 0.3) is 0 Å². The molecular formula is C20H25F3N4O3. The molecule has 0 aromatic carbocycles. The molecule has 0 spiro atoms. The minimum atomic E-state index is -4.54. The number of fused-ring (bicyclic) bond motifs is 4. The van der Waals surface area contributed by atoms with E-state index in [9.17, 15) is 27.6 Å². The Hall–Kier alpha value is -2.36. The molecule has 4 rings (SSSR count). The van der Waals surface area contributed by atoms with Crippen LogP contribution in [-0.2, 0) is 11.3 Å². The molecule has 1 aromatic rings. The number of alkyl halides is 3. The fourth-order valence-corrected chi connectivity index (χ4v) is 4.83. The van der Waals surface area contributed by atoms with E-state index in [-0.39, 0.29) is 23.3 Å². The molecule has 7 nitrogen and oxygen atoms in total. The summed E-state index contributed by atoms with van der Waals surface area (Å²) in [7, 11) is 0. The predicted molar refractivity (Wildman–Crippen MR) is 102 cm³/mol. The molecule has 10 heteroatoms. The molecular weight excluding hydrogens is 401 g/mol. The van der Waals surface area contributed by atoms with Gasteiger partial charge in [0, 0.05) is 31.2 Å². The molecule has 3 aliphatic rings. The number of likely N-dealkylation sites (tertiary alicyclic amines) is 2. The van der Waals surface area contributed by atoms with Crippen LogP contribution in [0.5, 0.6) is 0 Å². The average Bonchev–Trinajstić information content (AvgIpc) is 3.19. The first-order valence-electron chi connectivity index (χ1n) is 10.3. The molecule has 2 fully saturated rings. The van der Waals surface area contributed by atoms with Crippen molar-refractivity contribution in [2.45, 2.75) is 37.9 Å². The number of nitrogens with zero attached hydrogens (tertiary/aromatic N) is 3. The second-order valence-corrected chi connectivity index (χ2v) is 8.47. The highest BCUT2D eigenvalue weighted by Gasteiger charge is 2.37. The summed E-state index contributed by atoms with van der Waals surface area (Å²) in [5, 5.41) is 1.76. The van der Waals surface area contributed by atoms with Gasteiger partial charge in [0.25, 0.3) is 11.5 Å². The minimum absolute atomic E-state index is 0.0139. The number of halogens is 3. The number of amides is 2. The van der Waals surface area contributed by atoms with Crippen molar-refractivity contribution >= 4 is 11.8 Å². The number of carbonyl (C=O) groups excluding carboxylic acids is 2. The summed E-state index contributed by atoms with van der Waals surface area (Å²) >= 11 is 0. The Balaban J connectivity index is 1.48. The lowest BCUT2D eigenvalue weighted by Crippen LogP contribution is -2.51. The molecule has 2 atom stereocenters. The Labute approximate surface area is 171 Å². The summed E-state index contributed by atoms with van der Waals surface area (Å²) in [5.41, 5.74) is -0.119. The summed E-state index contributed by atoms with van der Waals surface area (Å²) in [6.07, 6.45) is -1.45. The van der Waals surface area contributed by atoms with E-state index < -0.39 is 24.2 Å². The van der Waals surface area contributed by atoms with Crippen molar-refractivity contribution in [3.8, 4) is 0 Å². The van der Waals surface area contributed by atoms with Gasteiger partial charge in [-0.25, -0.2) is 0 Å². The normalized spacial score (nSPS) is 23.9. The average molecular weight is 426 g/mol. The smallest absolute Gasteiger partial charge is 0.343 e. The van der Waals surface area contributed by atoms with Crippen LogP contribution in [0.15, 0.2) is 16.9 Å². The van der Waals surface area contributed by atoms with E-state index in [4.69, 9.17) is 0 Å². The zero-order chi connectivity index (χ0) is 21.5. The van der Waals surface area contributed by atoms with Crippen molar-refractivity contribution < 1.29 is 22.8 Å². The van der Waals surface area contributed by atoms with Crippen molar-refractivity contribution in [3.05, 3.63) is 33.7 Å². The topological polar surface area (TPSA) is 74.6 Å². The largest absolute Gasteiger partial charge is 0.405 e. The molecule has 0 radical (unpaired) electrons. The number of pyridine rings is 1. The van der Waals surface area contributed by atoms with Gasteiger partial charge in [-0.05, 0) is 50.4 Å². The van der Waals surface area contributed by atoms with Gasteiger partial charge < -0.3 is 14.8 Å². The quantitative estimate of drug-likeness (QED) is 0.785. The second-order valence-electron chi connectivity index (χ2n) is 8.47. The highest BCUT2D eigenvalue weighted by atomic mass is 19.4. The van der Waals surface area contributed by atoms with E-state index in [0.29, 0.717) is 26.2 Å². The van der Waals surface area contributed by atoms with Gasteiger partial charge in [-0.1, -0.05) is 0 Å². The molecule has 2 amide bonds. The molecule has 164 valence electrons. The van der Waals surface area contributed by atoms with Gasteiger partial charge >= 0.3 is 6.18 Å². The van der Waals surface area contributed by atoms with Crippen molar-refractivity contribution in [2.75, 3.05) is 39.3 Å². The maximum Gasteiger partial charge on any atom is 0.405 e. The van der Waals surface area contributed by atoms with Crippen LogP contribution in [0.4, 0.5) is 13.2 Å². The van der Waals surface area contributed by atoms with Crippen LogP contribution in [0.1, 0.15) is 41.2 Å². The van der Waals surface area contributed by atoms with E-state index in [2.05, 4.69) is 4.90 Å². The molecule has 2 saturated heterocycles. The molecule has 0 unspecified atom stereocenters. The standard InChI is InChI=1S/C20H25F3N4O3/c21-20(22,23)12-24-18(29)15-3-4-16-14-7-13(9-27(16)19(15)30)8-26(10-14)17(28)11-25-5-1-2-6-25/h3-4,13-14H,1-2,5-12H2,(H,24,29)/t13-,14+/m0/s1. The summed E-state index contributed by atoms with van der Waals surface area (Å²) in [5.74, 6) is -0.846. The van der Waals surface area contributed by atoms with Crippen molar-refractivity contribution in [1.29, 1.82) is 0 Å². The highest BCUT2D eigenvalue weighted by Crippen LogP contribution is 2.35. The lowest BCUT2D eigenvalue weighted by molar-refractivity contribution is -0.135. The molecule has 4 heterocycles. The number of aromatic nitrogens is 1. The summed E-state index contributed by atoms with van der Waals surface area (Å²) in [4.78, 5) is 41.6. The van der Waals surface area contributed by atoms with Gasteiger partial charge in [-0.15, -0.1) is 0 Å². The van der Waals surface area contributed by atoms with Gasteiger partial charge in [0.15, 0.2) is 0 Å². The molecule has 2 bridgehead atoms. The van der Waals surface area contributed by atoms with Gasteiger partial charge in [0.05, 0.1) is 6.54 Å². The predicted octanol–water partition coefficient (Wildman–Crippen LogP) is 1.18. The van der Waals surface area contributed by atoms with Crippen LogP contribution in [0.3, 0.4) is 0 Å². The number of hydrogen-bond donors (Lipinski definition) is 1. The minimum Gasteiger partial charge on any atom is -0.343 e. The molecule has 1 aromatic heterocycles. The van der Waals surface area contributed by atoms with Crippen molar-refractivity contribution in [2.24, 2.45) is 5.92 Å². The van der Waals surface area contributed by atoms with Gasteiger partial charge in [0.1, 0.15) is 12.1 Å². The number of carbonyl (C=O) groups is 2. The van der Waals surface area contributed by atoms with E-state index in [0.717, 1.165) is 38.0 Å². The van der Waals surface area contributed by atoms with Crippen molar-refractivity contribution in [3.63, 3.8) is 0 Å². The summed E-state index contributed by atoms with van der Waals surface area (Å²) < 4.78 is 38.6. The van der Waals surface area contributed by atoms with E-state index in [1.807, 2.05) is 4.90 Å². The number of rotatable bonds is 4. The SMILES string of the molecule is O=C(NCC(F)(F)F)c1ccc2n(c1=O)C[C@H]1C[C@@H]2CN(C(=O)CN2CCCC2)C1. The van der Waals surface area contributed by atoms with E-state index in [1.165, 1.54) is 10.6 Å². The fraction of sp³-hybridized carbons (Fsp3) is 0.650. The van der Waals surface area contributed by atoms with Gasteiger partial charge in [-0.2, -0.15) is 13.2 Å². The first-order valence-corrected chi connectivity index (χ1v) is 10.3. The van der Waals surface area contributed by atoms with Crippen LogP contribution in [-0.4, -0.2) is 71.6 Å². The number of nitrogens with one attached hydrogen (secondary N) is 1. The Morgan fingerprint density at radius 2 is 1.83 bits per heavy atom. The monoisotopic (exact) mass is 426 g/mol. The van der Waals surface area contributed by atoms with E-state index in [1.54, 1.807) is 11.4 Å². The lowest BCUT2D eigenvalue weighted by Gasteiger charge is -2.43. The second kappa shape index (κ2) is 8.05. The first kappa shape index (κ1) is 20.9. The lowest BCUT2D eigenvalue weighted by atomic mass is 9.83. The Morgan fingerprint density at radius 3 is 2.53 bits per heavy atom. The third-order valence-corrected chi connectivity index (χ3v) is 6.21. The van der Waals surface area contributed by atoms with E-state index >= 15 is 0 Å². The van der Waals surface area contributed by atoms with Gasteiger partial charge in [0.2, 0.25) is 5.91 Å². The Bertz CT molecular complexity index is 892. The maximum absolute atomic E-state index is 12.8. The van der Waals surface area contributed by atoms with Gasteiger partial charge in [-0.3, -0.25) is 19.3 Å².